The van der Waals surface area contributed by atoms with E-state index in [0.29, 0.717) is 12.2 Å². The molecule has 0 N–H and O–H groups in total. The fraction of sp³-hybridized carbons (Fsp3) is 0.140. The Morgan fingerprint density at radius 1 is 0.702 bits per heavy atom. The topological polar surface area (TPSA) is 35.5 Å². The van der Waals surface area contributed by atoms with Gasteiger partial charge in [0.25, 0.3) is 0 Å². The van der Waals surface area contributed by atoms with Gasteiger partial charge in [-0.2, -0.15) is 0 Å². The van der Waals surface area contributed by atoms with Crippen molar-refractivity contribution in [2.45, 2.75) is 38.2 Å². The smallest absolute Gasteiger partial charge is 0.311 e. The number of esters is 1. The van der Waals surface area contributed by atoms with Crippen molar-refractivity contribution in [3.8, 4) is 33.8 Å². The predicted octanol–water partition coefficient (Wildman–Crippen LogP) is 11.1. The van der Waals surface area contributed by atoms with Crippen molar-refractivity contribution >= 4 is 22.8 Å². The van der Waals surface area contributed by atoms with Gasteiger partial charge in [-0.05, 0) is 81.9 Å². The monoisotopic (exact) mass is 618 g/mol. The van der Waals surface area contributed by atoms with E-state index in [9.17, 15) is 9.18 Å². The Morgan fingerprint density at radius 3 is 2.02 bits per heavy atom. The van der Waals surface area contributed by atoms with Crippen molar-refractivity contribution in [3.63, 3.8) is 0 Å². The fourth-order valence-electron chi connectivity index (χ4n) is 6.40. The van der Waals surface area contributed by atoms with Crippen LogP contribution < -0.4 is 9.47 Å². The second kappa shape index (κ2) is 13.1. The third-order valence-electron chi connectivity index (χ3n) is 8.88. The fourth-order valence-corrected chi connectivity index (χ4v) is 6.40. The molecule has 1 unspecified atom stereocenters. The third kappa shape index (κ3) is 6.07. The van der Waals surface area contributed by atoms with Crippen LogP contribution in [-0.2, 0) is 10.4 Å². The third-order valence-corrected chi connectivity index (χ3v) is 8.88. The van der Waals surface area contributed by atoms with Crippen LogP contribution in [-0.4, -0.2) is 5.97 Å². The average molecular weight is 619 g/mol. The van der Waals surface area contributed by atoms with Crippen molar-refractivity contribution in [3.05, 3.63) is 162 Å². The standard InChI is InChI=1S/C43H35FO3/c1-2-3-5-14-42(45)46-36-25-19-31(20-26-36)30-15-17-32(18-16-30)40-29-41-39(37-12-8-9-13-38(37)40)27-28-43(47-41,33-10-6-4-7-11-33)34-21-23-35(44)24-22-34/h4,6-13,15-29H,2-3,5,14H2,1H3. The van der Waals surface area contributed by atoms with Gasteiger partial charge in [-0.15, -0.1) is 0 Å². The van der Waals surface area contributed by atoms with E-state index < -0.39 is 5.60 Å². The van der Waals surface area contributed by atoms with Crippen LogP contribution in [0.15, 0.2) is 140 Å². The van der Waals surface area contributed by atoms with Gasteiger partial charge in [0.15, 0.2) is 5.60 Å². The summed E-state index contributed by atoms with van der Waals surface area (Å²) in [5, 5.41) is 2.23. The number of carbonyl (C=O) groups excluding carboxylic acids is 1. The zero-order valence-corrected chi connectivity index (χ0v) is 26.3. The first-order valence-electron chi connectivity index (χ1n) is 16.2. The summed E-state index contributed by atoms with van der Waals surface area (Å²) in [5.41, 5.74) is 6.15. The minimum atomic E-state index is -0.915. The normalized spacial score (nSPS) is 15.2. The van der Waals surface area contributed by atoms with Gasteiger partial charge in [0, 0.05) is 23.1 Å². The minimum absolute atomic E-state index is 0.189. The van der Waals surface area contributed by atoms with E-state index in [4.69, 9.17) is 9.47 Å². The molecular weight excluding hydrogens is 583 g/mol. The van der Waals surface area contributed by atoms with Gasteiger partial charge < -0.3 is 9.47 Å². The van der Waals surface area contributed by atoms with Crippen molar-refractivity contribution in [1.29, 1.82) is 0 Å². The van der Waals surface area contributed by atoms with Crippen LogP contribution in [0.4, 0.5) is 4.39 Å². The summed E-state index contributed by atoms with van der Waals surface area (Å²) in [5.74, 6) is 0.851. The first kappa shape index (κ1) is 30.2. The van der Waals surface area contributed by atoms with Crippen LogP contribution in [0.3, 0.4) is 0 Å². The first-order chi connectivity index (χ1) is 23.0. The molecule has 0 radical (unpaired) electrons. The Bertz CT molecular complexity index is 2050. The van der Waals surface area contributed by atoms with Crippen molar-refractivity contribution in [2.24, 2.45) is 0 Å². The van der Waals surface area contributed by atoms with Crippen LogP contribution in [0.1, 0.15) is 49.3 Å². The van der Waals surface area contributed by atoms with E-state index >= 15 is 0 Å². The number of hydrogen-bond acceptors (Lipinski definition) is 3. The minimum Gasteiger partial charge on any atom is -0.473 e. The summed E-state index contributed by atoms with van der Waals surface area (Å²) in [6.07, 6.45) is 7.61. The lowest BCUT2D eigenvalue weighted by molar-refractivity contribution is -0.134. The second-order valence-corrected chi connectivity index (χ2v) is 12.0. The van der Waals surface area contributed by atoms with Crippen molar-refractivity contribution in [1.82, 2.24) is 0 Å². The molecule has 47 heavy (non-hydrogen) atoms. The van der Waals surface area contributed by atoms with Crippen molar-refractivity contribution in [2.75, 3.05) is 0 Å². The lowest BCUT2D eigenvalue weighted by Gasteiger charge is -2.36. The van der Waals surface area contributed by atoms with E-state index in [-0.39, 0.29) is 11.8 Å². The Balaban J connectivity index is 1.22. The van der Waals surface area contributed by atoms with E-state index in [1.54, 1.807) is 12.1 Å². The number of benzene rings is 6. The SMILES string of the molecule is CCCCCC(=O)Oc1ccc(-c2ccc(-c3cc4c(c5ccccc35)C=CC(c3ccccc3)(c3ccc(F)cc3)O4)cc2)cc1. The van der Waals surface area contributed by atoms with Gasteiger partial charge in [0.1, 0.15) is 17.3 Å². The zero-order valence-electron chi connectivity index (χ0n) is 26.3. The van der Waals surface area contributed by atoms with Crippen LogP contribution >= 0.6 is 0 Å². The summed E-state index contributed by atoms with van der Waals surface area (Å²) in [7, 11) is 0. The van der Waals surface area contributed by atoms with Crippen LogP contribution in [0.2, 0.25) is 0 Å². The average Bonchev–Trinajstić information content (AvgIpc) is 3.12. The zero-order chi connectivity index (χ0) is 32.2. The molecule has 0 fully saturated rings. The molecule has 4 heteroatoms. The highest BCUT2D eigenvalue weighted by atomic mass is 19.1. The maximum Gasteiger partial charge on any atom is 0.311 e. The maximum absolute atomic E-state index is 14.0. The molecule has 1 aliphatic heterocycles. The molecule has 6 aromatic rings. The highest BCUT2D eigenvalue weighted by Crippen LogP contribution is 2.46. The quantitative estimate of drug-likeness (QED) is 0.0919. The lowest BCUT2D eigenvalue weighted by atomic mass is 9.82. The molecule has 0 bridgehead atoms. The molecule has 6 aromatic carbocycles. The molecule has 0 spiro atoms. The molecule has 3 nitrogen and oxygen atoms in total. The number of halogens is 1. The highest BCUT2D eigenvalue weighted by Gasteiger charge is 2.37. The van der Waals surface area contributed by atoms with Crippen LogP contribution in [0.25, 0.3) is 39.1 Å². The van der Waals surface area contributed by atoms with Crippen LogP contribution in [0, 0.1) is 5.82 Å². The second-order valence-electron chi connectivity index (χ2n) is 12.0. The summed E-state index contributed by atoms with van der Waals surface area (Å²) in [6.45, 7) is 2.12. The Hall–Kier alpha value is -5.48. The van der Waals surface area contributed by atoms with Crippen molar-refractivity contribution < 1.29 is 18.7 Å². The van der Waals surface area contributed by atoms with Gasteiger partial charge in [0.2, 0.25) is 0 Å². The molecule has 0 saturated heterocycles. The Labute approximate surface area is 274 Å². The molecule has 0 amide bonds. The summed E-state index contributed by atoms with van der Waals surface area (Å²) < 4.78 is 26.5. The lowest BCUT2D eigenvalue weighted by Crippen LogP contribution is -2.34. The highest BCUT2D eigenvalue weighted by molar-refractivity contribution is 6.03. The number of rotatable bonds is 9. The molecule has 0 aliphatic carbocycles. The van der Waals surface area contributed by atoms with Gasteiger partial charge in [-0.1, -0.05) is 123 Å². The predicted molar refractivity (Wildman–Crippen MR) is 188 cm³/mol. The summed E-state index contributed by atoms with van der Waals surface area (Å²) in [6, 6.07) is 43.3. The molecule has 7 rings (SSSR count). The van der Waals surface area contributed by atoms with Gasteiger partial charge in [0.05, 0.1) is 0 Å². The van der Waals surface area contributed by atoms with E-state index in [2.05, 4.69) is 73.7 Å². The van der Waals surface area contributed by atoms with Gasteiger partial charge in [-0.25, -0.2) is 4.39 Å². The first-order valence-corrected chi connectivity index (χ1v) is 16.2. The Kier molecular flexibility index (Phi) is 8.41. The molecule has 1 heterocycles. The molecule has 0 saturated carbocycles. The number of hydrogen-bond donors (Lipinski definition) is 0. The number of ether oxygens (including phenoxy) is 2. The molecular formula is C43H35FO3. The summed E-state index contributed by atoms with van der Waals surface area (Å²) in [4.78, 5) is 12.1. The maximum atomic E-state index is 14.0. The van der Waals surface area contributed by atoms with Gasteiger partial charge in [-0.3, -0.25) is 4.79 Å². The number of fused-ring (bicyclic) bond motifs is 3. The van der Waals surface area contributed by atoms with E-state index in [1.807, 2.05) is 54.6 Å². The van der Waals surface area contributed by atoms with E-state index in [1.165, 1.54) is 12.1 Å². The number of unbranched alkanes of at least 4 members (excludes halogenated alkanes) is 2. The number of carbonyl (C=O) groups is 1. The Morgan fingerprint density at radius 2 is 1.32 bits per heavy atom. The molecule has 1 atom stereocenters. The molecule has 1 aliphatic rings. The molecule has 232 valence electrons. The van der Waals surface area contributed by atoms with Crippen LogP contribution in [0.5, 0.6) is 11.5 Å². The van der Waals surface area contributed by atoms with E-state index in [0.717, 1.165) is 74.7 Å². The largest absolute Gasteiger partial charge is 0.473 e. The van der Waals surface area contributed by atoms with Gasteiger partial charge >= 0.3 is 5.97 Å². The molecule has 0 aromatic heterocycles. The summed E-state index contributed by atoms with van der Waals surface area (Å²) >= 11 is 0.